The summed E-state index contributed by atoms with van der Waals surface area (Å²) in [5, 5.41) is 3.51. The summed E-state index contributed by atoms with van der Waals surface area (Å²) >= 11 is 0. The Morgan fingerprint density at radius 1 is 1.40 bits per heavy atom. The standard InChI is InChI=1S/C13H20N2/c1-3-8-15(2)12-9-11-6-4-5-7-13(11)14-10-12/h4-7,12,14H,3,8-10H2,1-2H3. The number of hydrogen-bond donors (Lipinski definition) is 1. The lowest BCUT2D eigenvalue weighted by atomic mass is 9.99. The highest BCUT2D eigenvalue weighted by atomic mass is 15.2. The van der Waals surface area contributed by atoms with Gasteiger partial charge in [-0.05, 0) is 38.1 Å². The number of nitrogens with zero attached hydrogens (tertiary/aromatic N) is 1. The first kappa shape index (κ1) is 10.5. The molecule has 1 heterocycles. The van der Waals surface area contributed by atoms with Gasteiger partial charge in [-0.3, -0.25) is 0 Å². The van der Waals surface area contributed by atoms with E-state index >= 15 is 0 Å². The van der Waals surface area contributed by atoms with Gasteiger partial charge in [0.05, 0.1) is 0 Å². The summed E-state index contributed by atoms with van der Waals surface area (Å²) in [4.78, 5) is 2.46. The van der Waals surface area contributed by atoms with E-state index in [2.05, 4.69) is 48.5 Å². The molecule has 0 saturated heterocycles. The molecule has 1 N–H and O–H groups in total. The highest BCUT2D eigenvalue weighted by Crippen LogP contribution is 2.22. The molecule has 2 heteroatoms. The maximum absolute atomic E-state index is 3.51. The summed E-state index contributed by atoms with van der Waals surface area (Å²) in [5.41, 5.74) is 2.77. The molecule has 1 aliphatic rings. The molecule has 0 bridgehead atoms. The van der Waals surface area contributed by atoms with Gasteiger partial charge in [-0.25, -0.2) is 0 Å². The molecule has 82 valence electrons. The molecule has 0 aromatic heterocycles. The van der Waals surface area contributed by atoms with Crippen molar-refractivity contribution in [2.45, 2.75) is 25.8 Å². The van der Waals surface area contributed by atoms with Gasteiger partial charge in [0.2, 0.25) is 0 Å². The lowest BCUT2D eigenvalue weighted by Gasteiger charge is -2.33. The van der Waals surface area contributed by atoms with E-state index in [1.807, 2.05) is 0 Å². The molecule has 1 aromatic rings. The number of para-hydroxylation sites is 1. The molecule has 1 unspecified atom stereocenters. The SMILES string of the molecule is CCCN(C)C1CNc2ccccc2C1. The van der Waals surface area contributed by atoms with Crippen LogP contribution in [0.25, 0.3) is 0 Å². The second-order valence-corrected chi connectivity index (χ2v) is 4.38. The van der Waals surface area contributed by atoms with Crippen molar-refractivity contribution in [1.29, 1.82) is 0 Å². The minimum Gasteiger partial charge on any atom is -0.383 e. The number of fused-ring (bicyclic) bond motifs is 1. The molecule has 0 radical (unpaired) electrons. The Bertz CT molecular complexity index is 322. The number of likely N-dealkylation sites (N-methyl/N-ethyl adjacent to an activating group) is 1. The fourth-order valence-corrected chi connectivity index (χ4v) is 2.27. The Hall–Kier alpha value is -1.02. The number of benzene rings is 1. The molecule has 0 aliphatic carbocycles. The average Bonchev–Trinajstić information content (AvgIpc) is 2.29. The van der Waals surface area contributed by atoms with E-state index < -0.39 is 0 Å². The van der Waals surface area contributed by atoms with Crippen molar-refractivity contribution in [2.75, 3.05) is 25.5 Å². The third kappa shape index (κ3) is 2.32. The fraction of sp³-hybridized carbons (Fsp3) is 0.538. The second-order valence-electron chi connectivity index (χ2n) is 4.38. The molecule has 0 spiro atoms. The van der Waals surface area contributed by atoms with Crippen LogP contribution in [0.2, 0.25) is 0 Å². The number of nitrogens with one attached hydrogen (secondary N) is 1. The normalized spacial score (nSPS) is 19.8. The third-order valence-electron chi connectivity index (χ3n) is 3.20. The van der Waals surface area contributed by atoms with Gasteiger partial charge in [0.15, 0.2) is 0 Å². The van der Waals surface area contributed by atoms with E-state index in [0.717, 1.165) is 6.54 Å². The van der Waals surface area contributed by atoms with Gasteiger partial charge < -0.3 is 10.2 Å². The van der Waals surface area contributed by atoms with Gasteiger partial charge in [-0.1, -0.05) is 25.1 Å². The number of anilines is 1. The van der Waals surface area contributed by atoms with E-state index in [9.17, 15) is 0 Å². The van der Waals surface area contributed by atoms with Gasteiger partial charge in [0.1, 0.15) is 0 Å². The Morgan fingerprint density at radius 2 is 2.20 bits per heavy atom. The molecular formula is C13H20N2. The zero-order chi connectivity index (χ0) is 10.7. The van der Waals surface area contributed by atoms with Crippen molar-refractivity contribution < 1.29 is 0 Å². The Morgan fingerprint density at radius 3 is 3.00 bits per heavy atom. The maximum Gasteiger partial charge on any atom is 0.0373 e. The summed E-state index contributed by atoms with van der Waals surface area (Å²) in [6.45, 7) is 4.50. The Labute approximate surface area is 92.3 Å². The second kappa shape index (κ2) is 4.67. The Kier molecular flexibility index (Phi) is 3.27. The molecule has 0 amide bonds. The molecule has 1 atom stereocenters. The van der Waals surface area contributed by atoms with Crippen LogP contribution in [-0.2, 0) is 6.42 Å². The first-order valence-electron chi connectivity index (χ1n) is 5.83. The minimum atomic E-state index is 0.653. The molecule has 1 aromatic carbocycles. The van der Waals surface area contributed by atoms with Crippen LogP contribution in [-0.4, -0.2) is 31.1 Å². The van der Waals surface area contributed by atoms with Crippen LogP contribution in [0.1, 0.15) is 18.9 Å². The molecule has 2 rings (SSSR count). The molecule has 1 aliphatic heterocycles. The summed E-state index contributed by atoms with van der Waals surface area (Å²) in [7, 11) is 2.23. The van der Waals surface area contributed by atoms with Crippen molar-refractivity contribution in [1.82, 2.24) is 4.90 Å². The van der Waals surface area contributed by atoms with E-state index in [1.54, 1.807) is 0 Å². The van der Waals surface area contributed by atoms with Crippen LogP contribution in [0, 0.1) is 0 Å². The summed E-state index contributed by atoms with van der Waals surface area (Å²) < 4.78 is 0. The van der Waals surface area contributed by atoms with Crippen molar-refractivity contribution in [3.8, 4) is 0 Å². The van der Waals surface area contributed by atoms with Gasteiger partial charge in [0, 0.05) is 18.3 Å². The lowest BCUT2D eigenvalue weighted by molar-refractivity contribution is 0.247. The largest absolute Gasteiger partial charge is 0.383 e. The first-order chi connectivity index (χ1) is 7.31. The zero-order valence-electron chi connectivity index (χ0n) is 9.66. The summed E-state index contributed by atoms with van der Waals surface area (Å²) in [5.74, 6) is 0. The predicted molar refractivity (Wildman–Crippen MR) is 65.3 cm³/mol. The monoisotopic (exact) mass is 204 g/mol. The maximum atomic E-state index is 3.51. The molecular weight excluding hydrogens is 184 g/mol. The van der Waals surface area contributed by atoms with Gasteiger partial charge in [0.25, 0.3) is 0 Å². The molecule has 0 saturated carbocycles. The lowest BCUT2D eigenvalue weighted by Crippen LogP contribution is -2.41. The van der Waals surface area contributed by atoms with Crippen LogP contribution < -0.4 is 5.32 Å². The average molecular weight is 204 g/mol. The summed E-state index contributed by atoms with van der Waals surface area (Å²) in [6, 6.07) is 9.28. The predicted octanol–water partition coefficient (Wildman–Crippen LogP) is 2.37. The van der Waals surface area contributed by atoms with E-state index in [0.29, 0.717) is 6.04 Å². The van der Waals surface area contributed by atoms with Gasteiger partial charge in [-0.15, -0.1) is 0 Å². The smallest absolute Gasteiger partial charge is 0.0373 e. The molecule has 2 nitrogen and oxygen atoms in total. The summed E-state index contributed by atoms with van der Waals surface area (Å²) in [6.07, 6.45) is 2.41. The number of hydrogen-bond acceptors (Lipinski definition) is 2. The van der Waals surface area contributed by atoms with Crippen molar-refractivity contribution in [3.63, 3.8) is 0 Å². The first-order valence-corrected chi connectivity index (χ1v) is 5.83. The molecule has 0 fully saturated rings. The fourth-order valence-electron chi connectivity index (χ4n) is 2.27. The minimum absolute atomic E-state index is 0.653. The van der Waals surface area contributed by atoms with Crippen molar-refractivity contribution in [3.05, 3.63) is 29.8 Å². The topological polar surface area (TPSA) is 15.3 Å². The van der Waals surface area contributed by atoms with Crippen LogP contribution in [0.15, 0.2) is 24.3 Å². The highest BCUT2D eigenvalue weighted by Gasteiger charge is 2.20. The van der Waals surface area contributed by atoms with Crippen LogP contribution in [0.4, 0.5) is 5.69 Å². The van der Waals surface area contributed by atoms with E-state index in [4.69, 9.17) is 0 Å². The quantitative estimate of drug-likeness (QED) is 0.813. The zero-order valence-corrected chi connectivity index (χ0v) is 9.66. The Balaban J connectivity index is 2.05. The van der Waals surface area contributed by atoms with Crippen LogP contribution in [0.5, 0.6) is 0 Å². The van der Waals surface area contributed by atoms with E-state index in [-0.39, 0.29) is 0 Å². The van der Waals surface area contributed by atoms with Crippen molar-refractivity contribution in [2.24, 2.45) is 0 Å². The highest BCUT2D eigenvalue weighted by molar-refractivity contribution is 5.53. The third-order valence-corrected chi connectivity index (χ3v) is 3.20. The van der Waals surface area contributed by atoms with E-state index in [1.165, 1.54) is 30.6 Å². The van der Waals surface area contributed by atoms with Crippen LogP contribution in [0.3, 0.4) is 0 Å². The van der Waals surface area contributed by atoms with Gasteiger partial charge in [-0.2, -0.15) is 0 Å². The molecule has 15 heavy (non-hydrogen) atoms. The number of rotatable bonds is 3. The van der Waals surface area contributed by atoms with Crippen molar-refractivity contribution >= 4 is 5.69 Å². The van der Waals surface area contributed by atoms with Crippen LogP contribution >= 0.6 is 0 Å². The van der Waals surface area contributed by atoms with Gasteiger partial charge >= 0.3 is 0 Å².